The molecule has 27 heavy (non-hydrogen) atoms. The average Bonchev–Trinajstić information content (AvgIpc) is 3.00. The van der Waals surface area contributed by atoms with Gasteiger partial charge in [0, 0.05) is 12.1 Å². The van der Waals surface area contributed by atoms with E-state index >= 15 is 0 Å². The van der Waals surface area contributed by atoms with E-state index in [0.29, 0.717) is 17.0 Å². The van der Waals surface area contributed by atoms with Crippen LogP contribution in [-0.4, -0.2) is 42.3 Å². The number of ether oxygens (including phenoxy) is 1. The normalized spacial score (nSPS) is 16.3. The van der Waals surface area contributed by atoms with Gasteiger partial charge in [-0.05, 0) is 30.3 Å². The van der Waals surface area contributed by atoms with Gasteiger partial charge in [-0.2, -0.15) is 0 Å². The molecule has 3 amide bonds. The van der Waals surface area contributed by atoms with Crippen molar-refractivity contribution in [2.24, 2.45) is 0 Å². The number of anilines is 1. The van der Waals surface area contributed by atoms with Crippen molar-refractivity contribution in [3.05, 3.63) is 72.8 Å². The Labute approximate surface area is 157 Å². The Kier molecular flexibility index (Phi) is 5.35. The Hall–Kier alpha value is -3.41. The summed E-state index contributed by atoms with van der Waals surface area (Å²) in [5.41, 5.74) is 0.886. The van der Waals surface area contributed by atoms with E-state index < -0.39 is 11.9 Å². The molecule has 3 rings (SSSR count). The Morgan fingerprint density at radius 3 is 2.63 bits per heavy atom. The second-order valence-corrected chi connectivity index (χ2v) is 6.10. The molecule has 6 nitrogen and oxygen atoms in total. The lowest BCUT2D eigenvalue weighted by Gasteiger charge is -2.26. The van der Waals surface area contributed by atoms with E-state index in [9.17, 15) is 14.4 Å². The van der Waals surface area contributed by atoms with Gasteiger partial charge in [-0.25, -0.2) is 4.90 Å². The number of imide groups is 1. The minimum Gasteiger partial charge on any atom is -0.497 e. The third-order valence-electron chi connectivity index (χ3n) is 4.42. The number of amides is 3. The first-order valence-electron chi connectivity index (χ1n) is 8.54. The average molecular weight is 364 g/mol. The number of methoxy groups -OCH3 is 1. The number of hydrogen-bond donors (Lipinski definition) is 0. The van der Waals surface area contributed by atoms with Gasteiger partial charge >= 0.3 is 0 Å². The monoisotopic (exact) mass is 364 g/mol. The summed E-state index contributed by atoms with van der Waals surface area (Å²) in [6.07, 6.45) is 1.48. The van der Waals surface area contributed by atoms with Gasteiger partial charge < -0.3 is 9.64 Å². The highest BCUT2D eigenvalue weighted by Crippen LogP contribution is 2.27. The van der Waals surface area contributed by atoms with Gasteiger partial charge in [0.25, 0.3) is 11.8 Å². The molecular formula is C21H20N2O4. The first kappa shape index (κ1) is 18.4. The summed E-state index contributed by atoms with van der Waals surface area (Å²) in [5, 5.41) is 0. The molecule has 1 aliphatic rings. The maximum absolute atomic E-state index is 13.0. The lowest BCUT2D eigenvalue weighted by molar-refractivity contribution is -0.122. The summed E-state index contributed by atoms with van der Waals surface area (Å²) in [4.78, 5) is 41.0. The molecule has 138 valence electrons. The van der Waals surface area contributed by atoms with Crippen LogP contribution in [0.2, 0.25) is 0 Å². The number of nitrogens with zero attached hydrogens (tertiary/aromatic N) is 2. The van der Waals surface area contributed by atoms with Crippen LogP contribution in [-0.2, 0) is 9.59 Å². The van der Waals surface area contributed by atoms with Crippen LogP contribution < -0.4 is 9.64 Å². The maximum Gasteiger partial charge on any atom is 0.257 e. The lowest BCUT2D eigenvalue weighted by atomic mass is 10.1. The van der Waals surface area contributed by atoms with E-state index in [0.717, 1.165) is 4.90 Å². The number of para-hydroxylation sites is 1. The van der Waals surface area contributed by atoms with E-state index in [1.807, 2.05) is 6.07 Å². The molecule has 1 aliphatic heterocycles. The minimum atomic E-state index is -0.866. The molecule has 0 N–H and O–H groups in total. The number of rotatable bonds is 6. The predicted molar refractivity (Wildman–Crippen MR) is 102 cm³/mol. The molecule has 2 aromatic carbocycles. The molecule has 1 unspecified atom stereocenters. The van der Waals surface area contributed by atoms with Crippen LogP contribution in [0.25, 0.3) is 0 Å². The Morgan fingerprint density at radius 1 is 1.22 bits per heavy atom. The van der Waals surface area contributed by atoms with E-state index in [2.05, 4.69) is 6.58 Å². The second-order valence-electron chi connectivity index (χ2n) is 6.10. The quantitative estimate of drug-likeness (QED) is 0.584. The van der Waals surface area contributed by atoms with Crippen LogP contribution in [0, 0.1) is 0 Å². The number of hydrogen-bond acceptors (Lipinski definition) is 4. The fraction of sp³-hybridized carbons (Fsp3) is 0.190. The van der Waals surface area contributed by atoms with Crippen molar-refractivity contribution < 1.29 is 19.1 Å². The van der Waals surface area contributed by atoms with Gasteiger partial charge in [-0.15, -0.1) is 6.58 Å². The third kappa shape index (κ3) is 3.60. The second kappa shape index (κ2) is 7.86. The van der Waals surface area contributed by atoms with Crippen LogP contribution in [0.5, 0.6) is 5.75 Å². The molecular weight excluding hydrogens is 344 g/mol. The van der Waals surface area contributed by atoms with Crippen molar-refractivity contribution in [2.75, 3.05) is 18.6 Å². The summed E-state index contributed by atoms with van der Waals surface area (Å²) in [6, 6.07) is 14.5. The first-order valence-corrected chi connectivity index (χ1v) is 8.54. The summed E-state index contributed by atoms with van der Waals surface area (Å²) in [6.45, 7) is 3.83. The van der Waals surface area contributed by atoms with Crippen molar-refractivity contribution in [2.45, 2.75) is 12.5 Å². The molecule has 1 fully saturated rings. The minimum absolute atomic E-state index is 0.0583. The van der Waals surface area contributed by atoms with Gasteiger partial charge in [0.1, 0.15) is 11.8 Å². The summed E-state index contributed by atoms with van der Waals surface area (Å²) in [7, 11) is 1.52. The molecule has 1 heterocycles. The number of carbonyl (C=O) groups excluding carboxylic acids is 3. The van der Waals surface area contributed by atoms with Gasteiger partial charge in [0.15, 0.2) is 0 Å². The van der Waals surface area contributed by atoms with Gasteiger partial charge in [-0.3, -0.25) is 14.4 Å². The smallest absolute Gasteiger partial charge is 0.257 e. The van der Waals surface area contributed by atoms with Crippen molar-refractivity contribution in [3.63, 3.8) is 0 Å². The summed E-state index contributed by atoms with van der Waals surface area (Å²) in [5.74, 6) is -0.554. The molecule has 0 bridgehead atoms. The van der Waals surface area contributed by atoms with Crippen LogP contribution >= 0.6 is 0 Å². The predicted octanol–water partition coefficient (Wildman–Crippen LogP) is 2.66. The molecule has 0 radical (unpaired) electrons. The van der Waals surface area contributed by atoms with Crippen LogP contribution in [0.3, 0.4) is 0 Å². The highest BCUT2D eigenvalue weighted by molar-refractivity contribution is 6.23. The van der Waals surface area contributed by atoms with E-state index in [-0.39, 0.29) is 24.8 Å². The topological polar surface area (TPSA) is 66.9 Å². The van der Waals surface area contributed by atoms with E-state index in [4.69, 9.17) is 4.74 Å². The molecule has 0 spiro atoms. The van der Waals surface area contributed by atoms with Crippen molar-refractivity contribution in [3.8, 4) is 5.75 Å². The molecule has 1 atom stereocenters. The SMILES string of the molecule is C=CCN(C(=O)c1cccc(OC)c1)C1CC(=O)N(c2ccccc2)C1=O. The van der Waals surface area contributed by atoms with Gasteiger partial charge in [0.2, 0.25) is 5.91 Å². The van der Waals surface area contributed by atoms with Crippen LogP contribution in [0.15, 0.2) is 67.3 Å². The number of benzene rings is 2. The molecule has 0 aromatic heterocycles. The lowest BCUT2D eigenvalue weighted by Crippen LogP contribution is -2.45. The zero-order chi connectivity index (χ0) is 19.4. The van der Waals surface area contributed by atoms with Gasteiger partial charge in [-0.1, -0.05) is 30.3 Å². The molecule has 0 aliphatic carbocycles. The van der Waals surface area contributed by atoms with Crippen LogP contribution in [0.1, 0.15) is 16.8 Å². The van der Waals surface area contributed by atoms with Gasteiger partial charge in [0.05, 0.1) is 19.2 Å². The Morgan fingerprint density at radius 2 is 1.96 bits per heavy atom. The largest absolute Gasteiger partial charge is 0.497 e. The molecule has 1 saturated heterocycles. The summed E-state index contributed by atoms with van der Waals surface area (Å²) < 4.78 is 5.16. The van der Waals surface area contributed by atoms with E-state index in [1.165, 1.54) is 12.0 Å². The van der Waals surface area contributed by atoms with Crippen molar-refractivity contribution in [1.82, 2.24) is 4.90 Å². The van der Waals surface area contributed by atoms with Crippen LogP contribution in [0.4, 0.5) is 5.69 Å². The number of carbonyl (C=O) groups is 3. The van der Waals surface area contributed by atoms with Crippen molar-refractivity contribution >= 4 is 23.4 Å². The standard InChI is InChI=1S/C21H20N2O4/c1-3-12-22(20(25)15-8-7-11-17(13-15)27-2)18-14-19(24)23(21(18)26)16-9-5-4-6-10-16/h3-11,13,18H,1,12,14H2,2H3. The first-order chi connectivity index (χ1) is 13.1. The highest BCUT2D eigenvalue weighted by atomic mass is 16.5. The zero-order valence-electron chi connectivity index (χ0n) is 15.0. The molecule has 2 aromatic rings. The van der Waals surface area contributed by atoms with Crippen molar-refractivity contribution in [1.29, 1.82) is 0 Å². The third-order valence-corrected chi connectivity index (χ3v) is 4.42. The Balaban J connectivity index is 1.91. The fourth-order valence-corrected chi connectivity index (χ4v) is 3.12. The fourth-order valence-electron chi connectivity index (χ4n) is 3.12. The molecule has 0 saturated carbocycles. The zero-order valence-corrected chi connectivity index (χ0v) is 15.0. The maximum atomic E-state index is 13.0. The Bertz CT molecular complexity index is 879. The highest BCUT2D eigenvalue weighted by Gasteiger charge is 2.44. The summed E-state index contributed by atoms with van der Waals surface area (Å²) >= 11 is 0. The van der Waals surface area contributed by atoms with E-state index in [1.54, 1.807) is 54.6 Å². The molecule has 6 heteroatoms.